The molecular weight excluding hydrogens is 232 g/mol. The van der Waals surface area contributed by atoms with E-state index in [1.54, 1.807) is 6.92 Å². The number of hydrogen-bond acceptors (Lipinski definition) is 4. The monoisotopic (exact) mass is 252 g/mol. The second-order valence-electron chi connectivity index (χ2n) is 5.36. The number of aryl methyl sites for hydroxylation is 1. The summed E-state index contributed by atoms with van der Waals surface area (Å²) in [5.41, 5.74) is -0.201. The van der Waals surface area contributed by atoms with E-state index in [4.69, 9.17) is 4.42 Å². The molecule has 0 unspecified atom stereocenters. The first-order valence-corrected chi connectivity index (χ1v) is 6.41. The average Bonchev–Trinajstić information content (AvgIpc) is 2.77. The lowest BCUT2D eigenvalue weighted by Crippen LogP contribution is -2.45. The molecule has 0 bridgehead atoms. The number of rotatable bonds is 3. The first kappa shape index (κ1) is 13.1. The molecule has 0 saturated heterocycles. The van der Waals surface area contributed by atoms with Crippen LogP contribution in [0, 0.1) is 12.8 Å². The van der Waals surface area contributed by atoms with Gasteiger partial charge in [-0.05, 0) is 38.5 Å². The zero-order valence-electron chi connectivity index (χ0n) is 10.9. The lowest BCUT2D eigenvalue weighted by atomic mass is 9.79. The summed E-state index contributed by atoms with van der Waals surface area (Å²) in [4.78, 5) is 15.7. The van der Waals surface area contributed by atoms with Gasteiger partial charge in [-0.25, -0.2) is 4.98 Å². The zero-order chi connectivity index (χ0) is 13.2. The van der Waals surface area contributed by atoms with Crippen LogP contribution in [0.4, 0.5) is 0 Å². The van der Waals surface area contributed by atoms with Crippen molar-refractivity contribution >= 4 is 5.91 Å². The Morgan fingerprint density at radius 1 is 1.61 bits per heavy atom. The number of aromatic nitrogens is 1. The highest BCUT2D eigenvalue weighted by molar-refractivity contribution is 5.92. The molecule has 1 aromatic heterocycles. The molecule has 5 heteroatoms. The van der Waals surface area contributed by atoms with Gasteiger partial charge in [0.25, 0.3) is 5.91 Å². The van der Waals surface area contributed by atoms with Crippen LogP contribution in [0.25, 0.3) is 0 Å². The van der Waals surface area contributed by atoms with Gasteiger partial charge in [-0.1, -0.05) is 6.92 Å². The van der Waals surface area contributed by atoms with Gasteiger partial charge >= 0.3 is 0 Å². The predicted molar refractivity (Wildman–Crippen MR) is 66.2 cm³/mol. The second-order valence-corrected chi connectivity index (χ2v) is 5.36. The molecule has 18 heavy (non-hydrogen) atoms. The summed E-state index contributed by atoms with van der Waals surface area (Å²) in [5, 5.41) is 13.1. The molecule has 0 atom stereocenters. The smallest absolute Gasteiger partial charge is 0.289 e. The molecule has 2 N–H and O–H groups in total. The summed E-state index contributed by atoms with van der Waals surface area (Å²) >= 11 is 0. The molecule has 0 spiro atoms. The van der Waals surface area contributed by atoms with Crippen molar-refractivity contribution < 1.29 is 14.3 Å². The Labute approximate surface area is 107 Å². The van der Waals surface area contributed by atoms with Crippen molar-refractivity contribution in [2.75, 3.05) is 6.54 Å². The molecule has 1 saturated carbocycles. The van der Waals surface area contributed by atoms with E-state index in [0.717, 1.165) is 25.7 Å². The molecule has 0 aromatic carbocycles. The average molecular weight is 252 g/mol. The van der Waals surface area contributed by atoms with Crippen LogP contribution in [0.5, 0.6) is 0 Å². The fraction of sp³-hybridized carbons (Fsp3) is 0.692. The number of amides is 1. The van der Waals surface area contributed by atoms with Crippen LogP contribution in [-0.4, -0.2) is 28.1 Å². The summed E-state index contributed by atoms with van der Waals surface area (Å²) < 4.78 is 5.01. The summed E-state index contributed by atoms with van der Waals surface area (Å²) in [7, 11) is 0. The zero-order valence-corrected chi connectivity index (χ0v) is 10.9. The maximum Gasteiger partial charge on any atom is 0.289 e. The number of aliphatic hydroxyl groups is 1. The minimum absolute atomic E-state index is 0.225. The van der Waals surface area contributed by atoms with Crippen molar-refractivity contribution in [3.8, 4) is 0 Å². The summed E-state index contributed by atoms with van der Waals surface area (Å²) in [6.45, 7) is 4.18. The third-order valence-electron chi connectivity index (χ3n) is 3.73. The van der Waals surface area contributed by atoms with Crippen molar-refractivity contribution in [2.24, 2.45) is 5.92 Å². The van der Waals surface area contributed by atoms with Gasteiger partial charge in [0.2, 0.25) is 5.76 Å². The largest absolute Gasteiger partial charge is 0.438 e. The van der Waals surface area contributed by atoms with Gasteiger partial charge in [0.15, 0.2) is 6.39 Å². The van der Waals surface area contributed by atoms with Crippen molar-refractivity contribution in [2.45, 2.75) is 45.1 Å². The van der Waals surface area contributed by atoms with Crippen molar-refractivity contribution in [1.29, 1.82) is 0 Å². The maximum atomic E-state index is 11.8. The summed E-state index contributed by atoms with van der Waals surface area (Å²) in [6, 6.07) is 0. The molecule has 100 valence electrons. The first-order valence-electron chi connectivity index (χ1n) is 6.41. The van der Waals surface area contributed by atoms with Crippen LogP contribution < -0.4 is 5.32 Å². The van der Waals surface area contributed by atoms with E-state index < -0.39 is 5.60 Å². The minimum Gasteiger partial charge on any atom is -0.438 e. The molecule has 0 radical (unpaired) electrons. The molecular formula is C13H20N2O3. The number of carbonyl (C=O) groups excluding carboxylic acids is 1. The van der Waals surface area contributed by atoms with Crippen LogP contribution in [0.1, 0.15) is 48.9 Å². The topological polar surface area (TPSA) is 75.4 Å². The number of nitrogens with zero attached hydrogens (tertiary/aromatic N) is 1. The van der Waals surface area contributed by atoms with Crippen molar-refractivity contribution in [3.63, 3.8) is 0 Å². The van der Waals surface area contributed by atoms with E-state index >= 15 is 0 Å². The summed E-state index contributed by atoms with van der Waals surface area (Å²) in [6.07, 6.45) is 4.75. The van der Waals surface area contributed by atoms with Gasteiger partial charge < -0.3 is 14.8 Å². The number of carbonyl (C=O) groups is 1. The SMILES string of the molecule is Cc1ncoc1C(=O)NCC1(O)CCC(C)CC1. The van der Waals surface area contributed by atoms with Gasteiger partial charge in [0.1, 0.15) is 0 Å². The molecule has 5 nitrogen and oxygen atoms in total. The Kier molecular flexibility index (Phi) is 3.71. The Morgan fingerprint density at radius 3 is 2.83 bits per heavy atom. The summed E-state index contributed by atoms with van der Waals surface area (Å²) in [5.74, 6) is 0.581. The van der Waals surface area contributed by atoms with Crippen LogP contribution in [-0.2, 0) is 0 Å². The highest BCUT2D eigenvalue weighted by atomic mass is 16.3. The number of oxazole rings is 1. The lowest BCUT2D eigenvalue weighted by Gasteiger charge is -2.34. The standard InChI is InChI=1S/C13H20N2O3/c1-9-3-5-13(17,6-4-9)7-14-12(16)11-10(2)15-8-18-11/h8-9,17H,3-7H2,1-2H3,(H,14,16). The van der Waals surface area contributed by atoms with Gasteiger partial charge in [0.05, 0.1) is 11.3 Å². The lowest BCUT2D eigenvalue weighted by molar-refractivity contribution is -0.00559. The van der Waals surface area contributed by atoms with Crippen LogP contribution in [0.15, 0.2) is 10.8 Å². The van der Waals surface area contributed by atoms with E-state index in [1.807, 2.05) is 0 Å². The normalized spacial score (nSPS) is 28.1. The molecule has 1 heterocycles. The van der Waals surface area contributed by atoms with Gasteiger partial charge in [0, 0.05) is 6.54 Å². The van der Waals surface area contributed by atoms with Crippen LogP contribution in [0.2, 0.25) is 0 Å². The molecule has 1 aliphatic rings. The molecule has 1 fully saturated rings. The Bertz CT molecular complexity index is 420. The highest BCUT2D eigenvalue weighted by Crippen LogP contribution is 2.31. The Morgan fingerprint density at radius 2 is 2.28 bits per heavy atom. The molecule has 1 aliphatic carbocycles. The van der Waals surface area contributed by atoms with Crippen LogP contribution >= 0.6 is 0 Å². The number of nitrogens with one attached hydrogen (secondary N) is 1. The van der Waals surface area contributed by atoms with Gasteiger partial charge in [-0.15, -0.1) is 0 Å². The molecule has 1 aromatic rings. The third kappa shape index (κ3) is 2.90. The molecule has 0 aliphatic heterocycles. The van der Waals surface area contributed by atoms with Gasteiger partial charge in [-0.2, -0.15) is 0 Å². The van der Waals surface area contributed by atoms with Gasteiger partial charge in [-0.3, -0.25) is 4.79 Å². The highest BCUT2D eigenvalue weighted by Gasteiger charge is 2.32. The number of hydrogen-bond donors (Lipinski definition) is 2. The van der Waals surface area contributed by atoms with E-state index in [-0.39, 0.29) is 18.2 Å². The van der Waals surface area contributed by atoms with E-state index in [2.05, 4.69) is 17.2 Å². The fourth-order valence-electron chi connectivity index (χ4n) is 2.32. The molecule has 2 rings (SSSR count). The van der Waals surface area contributed by atoms with Crippen molar-refractivity contribution in [3.05, 3.63) is 17.8 Å². The second kappa shape index (κ2) is 5.10. The predicted octanol–water partition coefficient (Wildman–Crippen LogP) is 1.65. The Hall–Kier alpha value is -1.36. The van der Waals surface area contributed by atoms with E-state index in [9.17, 15) is 9.90 Å². The van der Waals surface area contributed by atoms with Crippen molar-refractivity contribution in [1.82, 2.24) is 10.3 Å². The van der Waals surface area contributed by atoms with E-state index in [0.29, 0.717) is 11.6 Å². The first-order chi connectivity index (χ1) is 8.50. The fourth-order valence-corrected chi connectivity index (χ4v) is 2.32. The maximum absolute atomic E-state index is 11.8. The third-order valence-corrected chi connectivity index (χ3v) is 3.73. The van der Waals surface area contributed by atoms with E-state index in [1.165, 1.54) is 6.39 Å². The Balaban J connectivity index is 1.88. The van der Waals surface area contributed by atoms with Crippen LogP contribution in [0.3, 0.4) is 0 Å². The quantitative estimate of drug-likeness (QED) is 0.857. The minimum atomic E-state index is -0.768. The molecule has 1 amide bonds.